The van der Waals surface area contributed by atoms with Gasteiger partial charge in [0.05, 0.1) is 12.0 Å². The molecule has 8 heteroatoms. The zero-order valence-corrected chi connectivity index (χ0v) is 13.6. The van der Waals surface area contributed by atoms with Gasteiger partial charge in [-0.25, -0.2) is 4.18 Å². The number of aryl methyl sites for hydroxylation is 1. The van der Waals surface area contributed by atoms with E-state index in [1.165, 1.54) is 43.5 Å². The number of alkyl halides is 3. The fourth-order valence-electron chi connectivity index (χ4n) is 1.91. The first-order valence-corrected chi connectivity index (χ1v) is 8.17. The lowest BCUT2D eigenvalue weighted by Gasteiger charge is -2.21. The molecule has 0 heterocycles. The van der Waals surface area contributed by atoms with Crippen LogP contribution in [-0.4, -0.2) is 21.7 Å². The Morgan fingerprint density at radius 1 is 1.08 bits per heavy atom. The first-order valence-electron chi connectivity index (χ1n) is 6.76. The molecule has 0 aliphatic heterocycles. The second-order valence-corrected chi connectivity index (χ2v) is 6.53. The van der Waals surface area contributed by atoms with Crippen LogP contribution < -0.4 is 4.74 Å². The Morgan fingerprint density at radius 2 is 1.71 bits per heavy atom. The molecular weight excluding hydrogens is 345 g/mol. The summed E-state index contributed by atoms with van der Waals surface area (Å²) >= 11 is 0. The van der Waals surface area contributed by atoms with Gasteiger partial charge in [-0.05, 0) is 25.1 Å². The van der Waals surface area contributed by atoms with Crippen LogP contribution >= 0.6 is 0 Å². The van der Waals surface area contributed by atoms with E-state index in [2.05, 4.69) is 10.2 Å². The maximum Gasteiger partial charge on any atom is 0.420 e. The van der Waals surface area contributed by atoms with Crippen molar-refractivity contribution in [2.45, 2.75) is 24.1 Å². The molecule has 0 aliphatic carbocycles. The van der Waals surface area contributed by atoms with E-state index in [4.69, 9.17) is 4.74 Å². The number of halogens is 3. The van der Waals surface area contributed by atoms with Crippen molar-refractivity contribution >= 4 is 10.1 Å². The van der Waals surface area contributed by atoms with Crippen LogP contribution in [0.3, 0.4) is 0 Å². The molecule has 2 aromatic rings. The highest BCUT2D eigenvalue weighted by molar-refractivity contribution is 7.86. The van der Waals surface area contributed by atoms with Crippen molar-refractivity contribution in [3.05, 3.63) is 59.7 Å². The number of methoxy groups -OCH3 is 1. The van der Waals surface area contributed by atoms with E-state index < -0.39 is 28.0 Å². The molecule has 1 atom stereocenters. The molecule has 1 radical (unpaired) electrons. The smallest absolute Gasteiger partial charge is 0.420 e. The first kappa shape index (κ1) is 18.3. The van der Waals surface area contributed by atoms with Crippen LogP contribution in [-0.2, 0) is 14.3 Å². The number of benzene rings is 2. The van der Waals surface area contributed by atoms with Crippen LogP contribution in [0.1, 0.15) is 17.2 Å². The fourth-order valence-corrected chi connectivity index (χ4v) is 2.95. The second-order valence-electron chi connectivity index (χ2n) is 4.96. The van der Waals surface area contributed by atoms with E-state index in [9.17, 15) is 21.6 Å². The second kappa shape index (κ2) is 6.82. The lowest BCUT2D eigenvalue weighted by atomic mass is 10.1. The van der Waals surface area contributed by atoms with Crippen molar-refractivity contribution in [3.8, 4) is 5.75 Å². The standard InChI is InChI=1S/C16H14F3O4S/c1-11-6-8-14(9-7-11)24(20,21)23-15(16(17,18)19)12-4-3-5-13(10-12)22-2/h3-9,15H,1-2H3. The predicted octanol–water partition coefficient (Wildman–Crippen LogP) is 3.81. The third-order valence-corrected chi connectivity index (χ3v) is 4.42. The van der Waals surface area contributed by atoms with Crippen LogP contribution in [0.15, 0.2) is 47.4 Å². The summed E-state index contributed by atoms with van der Waals surface area (Å²) in [6.07, 6.45) is -7.63. The van der Waals surface area contributed by atoms with Gasteiger partial charge < -0.3 is 4.74 Å². The monoisotopic (exact) mass is 359 g/mol. The molecule has 2 rings (SSSR count). The van der Waals surface area contributed by atoms with Crippen molar-refractivity contribution in [1.82, 2.24) is 0 Å². The third kappa shape index (κ3) is 4.27. The van der Waals surface area contributed by atoms with Crippen molar-refractivity contribution in [3.63, 3.8) is 0 Å². The first-order chi connectivity index (χ1) is 11.1. The highest BCUT2D eigenvalue weighted by Gasteiger charge is 2.45. The van der Waals surface area contributed by atoms with E-state index in [-0.39, 0.29) is 10.6 Å². The minimum absolute atomic E-state index is 0.0399. The summed E-state index contributed by atoms with van der Waals surface area (Å²) in [6, 6.07) is 11.4. The number of hydrogen-bond donors (Lipinski definition) is 0. The van der Waals surface area contributed by atoms with Gasteiger partial charge in [-0.2, -0.15) is 21.6 Å². The van der Waals surface area contributed by atoms with Crippen molar-refractivity contribution in [2.75, 3.05) is 7.11 Å². The van der Waals surface area contributed by atoms with Crippen LogP contribution in [0.4, 0.5) is 13.2 Å². The Labute approximate surface area is 138 Å². The topological polar surface area (TPSA) is 52.6 Å². The summed E-state index contributed by atoms with van der Waals surface area (Å²) in [4.78, 5) is -0.356. The third-order valence-electron chi connectivity index (χ3n) is 3.12. The van der Waals surface area contributed by atoms with Gasteiger partial charge in [0, 0.05) is 11.6 Å². The van der Waals surface area contributed by atoms with Gasteiger partial charge in [0.15, 0.2) is 6.10 Å². The molecule has 0 amide bonds. The Morgan fingerprint density at radius 3 is 2.25 bits per heavy atom. The van der Waals surface area contributed by atoms with Gasteiger partial charge in [-0.3, -0.25) is 0 Å². The quantitative estimate of drug-likeness (QED) is 0.762. The molecule has 1 unspecified atom stereocenters. The summed E-state index contributed by atoms with van der Waals surface area (Å²) in [6.45, 7) is 1.72. The molecule has 0 saturated heterocycles. The lowest BCUT2D eigenvalue weighted by Crippen LogP contribution is -2.26. The molecule has 0 aromatic heterocycles. The van der Waals surface area contributed by atoms with Gasteiger partial charge >= 0.3 is 6.18 Å². The van der Waals surface area contributed by atoms with Gasteiger partial charge in [-0.1, -0.05) is 29.8 Å². The van der Waals surface area contributed by atoms with Crippen LogP contribution in [0.2, 0.25) is 0 Å². The average molecular weight is 359 g/mol. The molecule has 0 bridgehead atoms. The van der Waals surface area contributed by atoms with Gasteiger partial charge in [0.2, 0.25) is 0 Å². The van der Waals surface area contributed by atoms with Crippen molar-refractivity contribution in [1.29, 1.82) is 0 Å². The minimum Gasteiger partial charge on any atom is -0.496 e. The van der Waals surface area contributed by atoms with Crippen molar-refractivity contribution in [2.24, 2.45) is 0 Å². The summed E-state index contributed by atoms with van der Waals surface area (Å²) in [5.41, 5.74) is 0.278. The van der Waals surface area contributed by atoms with Crippen LogP contribution in [0.5, 0.6) is 5.75 Å². The molecule has 24 heavy (non-hydrogen) atoms. The number of hydrogen-bond acceptors (Lipinski definition) is 4. The molecule has 129 valence electrons. The molecule has 0 spiro atoms. The van der Waals surface area contributed by atoms with Gasteiger partial charge in [0.25, 0.3) is 10.1 Å². The molecule has 0 aliphatic rings. The molecule has 2 aromatic carbocycles. The fraction of sp³-hybridized carbons (Fsp3) is 0.250. The van der Waals surface area contributed by atoms with Gasteiger partial charge in [-0.15, -0.1) is 0 Å². The van der Waals surface area contributed by atoms with Gasteiger partial charge in [0.1, 0.15) is 5.75 Å². The zero-order valence-electron chi connectivity index (χ0n) is 12.8. The maximum absolute atomic E-state index is 13.3. The highest BCUT2D eigenvalue weighted by Crippen LogP contribution is 2.38. The predicted molar refractivity (Wildman–Crippen MR) is 80.1 cm³/mol. The summed E-state index contributed by atoms with van der Waals surface area (Å²) in [5.74, 6) is 0.0399. The Hall–Kier alpha value is -2.06. The summed E-state index contributed by atoms with van der Waals surface area (Å²) in [7, 11) is -3.34. The maximum atomic E-state index is 13.3. The van der Waals surface area contributed by atoms with E-state index >= 15 is 0 Å². The minimum atomic E-state index is -4.94. The summed E-state index contributed by atoms with van der Waals surface area (Å²) < 4.78 is 73.5. The van der Waals surface area contributed by atoms with E-state index in [0.717, 1.165) is 11.6 Å². The molecular formula is C16H14F3O4S. The Kier molecular flexibility index (Phi) is 5.19. The number of rotatable bonds is 5. The van der Waals surface area contributed by atoms with Crippen LogP contribution in [0, 0.1) is 13.0 Å². The van der Waals surface area contributed by atoms with E-state index in [1.807, 2.05) is 0 Å². The van der Waals surface area contributed by atoms with E-state index in [1.54, 1.807) is 6.92 Å². The molecule has 0 saturated carbocycles. The summed E-state index contributed by atoms with van der Waals surface area (Å²) in [5, 5.41) is 0. The van der Waals surface area contributed by atoms with Crippen molar-refractivity contribution < 1.29 is 30.5 Å². The highest BCUT2D eigenvalue weighted by atomic mass is 32.2. The largest absolute Gasteiger partial charge is 0.496 e. The van der Waals surface area contributed by atoms with E-state index in [0.29, 0.717) is 0 Å². The van der Waals surface area contributed by atoms with Crippen LogP contribution in [0.25, 0.3) is 0 Å². The zero-order chi connectivity index (χ0) is 18.0. The SMILES string of the molecule is COc1[c]c(C(OS(=O)(=O)c2ccc(C)cc2)C(F)(F)F)ccc1. The molecule has 0 fully saturated rings. The Balaban J connectivity index is 2.40. The normalized spacial score (nSPS) is 13.5. The average Bonchev–Trinajstić information content (AvgIpc) is 2.52. The number of ether oxygens (including phenoxy) is 1. The lowest BCUT2D eigenvalue weighted by molar-refractivity contribution is -0.196. The Bertz CT molecular complexity index is 799. The molecule has 0 N–H and O–H groups in total. The molecule has 4 nitrogen and oxygen atoms in total.